The first-order chi connectivity index (χ1) is 8.60. The van der Waals surface area contributed by atoms with E-state index in [1.807, 2.05) is 27.8 Å². The van der Waals surface area contributed by atoms with Gasteiger partial charge in [-0.2, -0.15) is 10.2 Å². The van der Waals surface area contributed by atoms with Crippen LogP contribution in [0.4, 0.5) is 0 Å². The minimum atomic E-state index is 0.237. The van der Waals surface area contributed by atoms with Crippen molar-refractivity contribution in [3.8, 4) is 0 Å². The number of nitrogens with one attached hydrogen (secondary N) is 1. The first-order valence-corrected chi connectivity index (χ1v) is 6.87. The smallest absolute Gasteiger partial charge is 0.0897 e. The molecule has 0 saturated carbocycles. The molecule has 0 fully saturated rings. The lowest BCUT2D eigenvalue weighted by atomic mass is 10.0. The molecule has 0 radical (unpaired) electrons. The molecular formula is C13H18N4S. The first kappa shape index (κ1) is 13.1. The van der Waals surface area contributed by atoms with Crippen molar-refractivity contribution in [2.75, 3.05) is 7.05 Å². The van der Waals surface area contributed by atoms with Gasteiger partial charge in [0.2, 0.25) is 0 Å². The summed E-state index contributed by atoms with van der Waals surface area (Å²) >= 11 is 1.69. The molecule has 96 valence electrons. The van der Waals surface area contributed by atoms with E-state index in [2.05, 4.69) is 31.9 Å². The van der Waals surface area contributed by atoms with E-state index in [-0.39, 0.29) is 6.04 Å². The van der Waals surface area contributed by atoms with Crippen molar-refractivity contribution >= 4 is 11.3 Å². The lowest BCUT2D eigenvalue weighted by molar-refractivity contribution is 0.576. The van der Waals surface area contributed by atoms with Crippen molar-refractivity contribution in [3.05, 3.63) is 39.1 Å². The number of nitrogens with zero attached hydrogens (tertiary/aromatic N) is 3. The summed E-state index contributed by atoms with van der Waals surface area (Å²) in [4.78, 5) is 4.52. The average Bonchev–Trinajstić information content (AvgIpc) is 2.75. The van der Waals surface area contributed by atoms with Gasteiger partial charge in [0.1, 0.15) is 0 Å². The third-order valence-electron chi connectivity index (χ3n) is 2.94. The van der Waals surface area contributed by atoms with Gasteiger partial charge in [-0.1, -0.05) is 0 Å². The summed E-state index contributed by atoms with van der Waals surface area (Å²) in [5, 5.41) is 14.8. The van der Waals surface area contributed by atoms with Gasteiger partial charge in [-0.3, -0.25) is 0 Å². The number of hydrogen-bond donors (Lipinski definition) is 1. The van der Waals surface area contributed by atoms with E-state index in [1.54, 1.807) is 11.3 Å². The second kappa shape index (κ2) is 5.54. The van der Waals surface area contributed by atoms with Gasteiger partial charge in [0.15, 0.2) is 0 Å². The summed E-state index contributed by atoms with van der Waals surface area (Å²) in [6, 6.07) is 2.34. The molecule has 0 aliphatic heterocycles. The minimum Gasteiger partial charge on any atom is -0.313 e. The van der Waals surface area contributed by atoms with Gasteiger partial charge in [-0.05, 0) is 39.4 Å². The molecule has 2 aromatic heterocycles. The Bertz CT molecular complexity index is 536. The molecule has 0 bridgehead atoms. The molecule has 4 nitrogen and oxygen atoms in total. The Kier molecular flexibility index (Phi) is 4.04. The van der Waals surface area contributed by atoms with Crippen LogP contribution < -0.4 is 5.32 Å². The highest BCUT2D eigenvalue weighted by Gasteiger charge is 2.15. The van der Waals surface area contributed by atoms with E-state index < -0.39 is 0 Å². The van der Waals surface area contributed by atoms with Gasteiger partial charge in [0, 0.05) is 17.8 Å². The van der Waals surface area contributed by atoms with E-state index in [0.29, 0.717) is 0 Å². The quantitative estimate of drug-likeness (QED) is 0.919. The Labute approximate surface area is 111 Å². The fraction of sp³-hybridized carbons (Fsp3) is 0.462. The van der Waals surface area contributed by atoms with Crippen LogP contribution in [0.3, 0.4) is 0 Å². The Morgan fingerprint density at radius 2 is 2.06 bits per heavy atom. The molecule has 0 aromatic carbocycles. The Morgan fingerprint density at radius 3 is 2.67 bits per heavy atom. The van der Waals surface area contributed by atoms with E-state index in [0.717, 1.165) is 28.5 Å². The molecule has 0 aliphatic rings. The summed E-state index contributed by atoms with van der Waals surface area (Å²) < 4.78 is 0. The van der Waals surface area contributed by atoms with Gasteiger partial charge >= 0.3 is 0 Å². The zero-order valence-electron chi connectivity index (χ0n) is 11.2. The second-order valence-electron chi connectivity index (χ2n) is 4.43. The molecule has 2 heterocycles. The van der Waals surface area contributed by atoms with E-state index in [4.69, 9.17) is 0 Å². The van der Waals surface area contributed by atoms with Crippen LogP contribution in [0.15, 0.2) is 11.4 Å². The molecule has 1 unspecified atom stereocenters. The van der Waals surface area contributed by atoms with Crippen LogP contribution in [0.25, 0.3) is 0 Å². The van der Waals surface area contributed by atoms with Gasteiger partial charge < -0.3 is 5.32 Å². The van der Waals surface area contributed by atoms with Gasteiger partial charge in [0.25, 0.3) is 0 Å². The normalized spacial score (nSPS) is 12.7. The van der Waals surface area contributed by atoms with Crippen LogP contribution in [0.1, 0.15) is 33.7 Å². The van der Waals surface area contributed by atoms with Crippen molar-refractivity contribution in [1.82, 2.24) is 20.5 Å². The zero-order valence-corrected chi connectivity index (χ0v) is 12.0. The van der Waals surface area contributed by atoms with Gasteiger partial charge in [-0.15, -0.1) is 11.3 Å². The number of aryl methyl sites for hydroxylation is 3. The fourth-order valence-corrected chi connectivity index (χ4v) is 2.63. The number of thiazole rings is 1. The maximum atomic E-state index is 4.52. The van der Waals surface area contributed by atoms with E-state index in [1.165, 1.54) is 5.56 Å². The molecule has 5 heteroatoms. The predicted octanol–water partition coefficient (Wildman–Crippen LogP) is 2.36. The lowest BCUT2D eigenvalue weighted by Gasteiger charge is -2.17. The van der Waals surface area contributed by atoms with Gasteiger partial charge in [-0.25, -0.2) is 4.98 Å². The van der Waals surface area contributed by atoms with Crippen LogP contribution in [0, 0.1) is 20.8 Å². The fourth-order valence-electron chi connectivity index (χ4n) is 2.00. The molecule has 0 amide bonds. The number of likely N-dealkylation sites (N-methyl/N-ethyl adjacent to an activating group) is 1. The molecule has 0 saturated heterocycles. The average molecular weight is 262 g/mol. The summed E-state index contributed by atoms with van der Waals surface area (Å²) in [6.45, 7) is 6.00. The first-order valence-electron chi connectivity index (χ1n) is 5.99. The van der Waals surface area contributed by atoms with Crippen molar-refractivity contribution in [1.29, 1.82) is 0 Å². The van der Waals surface area contributed by atoms with E-state index >= 15 is 0 Å². The Hall–Kier alpha value is -1.33. The topological polar surface area (TPSA) is 50.7 Å². The second-order valence-corrected chi connectivity index (χ2v) is 5.49. The van der Waals surface area contributed by atoms with Crippen LogP contribution in [-0.4, -0.2) is 22.2 Å². The monoisotopic (exact) mass is 262 g/mol. The molecule has 0 spiro atoms. The number of aromatic nitrogens is 3. The van der Waals surface area contributed by atoms with Crippen LogP contribution >= 0.6 is 11.3 Å². The van der Waals surface area contributed by atoms with Crippen molar-refractivity contribution in [3.63, 3.8) is 0 Å². The highest BCUT2D eigenvalue weighted by atomic mass is 32.1. The van der Waals surface area contributed by atoms with Crippen LogP contribution in [0.5, 0.6) is 0 Å². The molecular weight excluding hydrogens is 244 g/mol. The summed E-state index contributed by atoms with van der Waals surface area (Å²) in [5.41, 5.74) is 4.26. The van der Waals surface area contributed by atoms with Crippen LogP contribution in [0.2, 0.25) is 0 Å². The number of rotatable bonds is 4. The predicted molar refractivity (Wildman–Crippen MR) is 73.9 cm³/mol. The highest BCUT2D eigenvalue weighted by Crippen LogP contribution is 2.21. The summed E-state index contributed by atoms with van der Waals surface area (Å²) in [6.07, 6.45) is 0.882. The molecule has 1 atom stereocenters. The van der Waals surface area contributed by atoms with Crippen molar-refractivity contribution in [2.45, 2.75) is 33.2 Å². The molecule has 2 aromatic rings. The summed E-state index contributed by atoms with van der Waals surface area (Å²) in [5.74, 6) is 0. The highest BCUT2D eigenvalue weighted by molar-refractivity contribution is 7.09. The number of hydrogen-bond acceptors (Lipinski definition) is 5. The largest absolute Gasteiger partial charge is 0.313 e. The SMILES string of the molecule is CNC(Cc1csc(C)n1)c1cc(C)nnc1C. The zero-order chi connectivity index (χ0) is 13.1. The van der Waals surface area contributed by atoms with Crippen LogP contribution in [-0.2, 0) is 6.42 Å². The third kappa shape index (κ3) is 2.91. The molecule has 0 aliphatic carbocycles. The summed E-state index contributed by atoms with van der Waals surface area (Å²) in [7, 11) is 1.97. The maximum absolute atomic E-state index is 4.52. The standard InChI is InChI=1S/C13H18N4S/c1-8-5-12(9(2)17-16-8)13(14-4)6-11-7-18-10(3)15-11/h5,7,13-14H,6H2,1-4H3. The Morgan fingerprint density at radius 1 is 1.28 bits per heavy atom. The molecule has 2 rings (SSSR count). The van der Waals surface area contributed by atoms with Crippen molar-refractivity contribution in [2.24, 2.45) is 0 Å². The molecule has 1 N–H and O–H groups in total. The van der Waals surface area contributed by atoms with E-state index in [9.17, 15) is 0 Å². The lowest BCUT2D eigenvalue weighted by Crippen LogP contribution is -2.21. The van der Waals surface area contributed by atoms with Gasteiger partial charge in [0.05, 0.1) is 22.1 Å². The van der Waals surface area contributed by atoms with Crippen molar-refractivity contribution < 1.29 is 0 Å². The Balaban J connectivity index is 2.25. The minimum absolute atomic E-state index is 0.237. The third-order valence-corrected chi connectivity index (χ3v) is 3.77. The molecule has 18 heavy (non-hydrogen) atoms. The maximum Gasteiger partial charge on any atom is 0.0897 e.